The van der Waals surface area contributed by atoms with Crippen molar-refractivity contribution < 1.29 is 22.4 Å². The van der Waals surface area contributed by atoms with Crippen LogP contribution in [-0.2, 0) is 4.84 Å². The third-order valence-corrected chi connectivity index (χ3v) is 0.673. The van der Waals surface area contributed by atoms with Crippen molar-refractivity contribution in [3.05, 3.63) is 0 Å². The second-order valence-corrected chi connectivity index (χ2v) is 1.30. The predicted molar refractivity (Wildman–Crippen MR) is 14.1 cm³/mol. The summed E-state index contributed by atoms with van der Waals surface area (Å²) in [7, 11) is 0. The molecular formula is C2HF4NO. The average Bonchev–Trinajstić information content (AvgIpc) is 1.64. The highest BCUT2D eigenvalue weighted by Crippen LogP contribution is 2.39. The Hall–Kier alpha value is -0.360. The van der Waals surface area contributed by atoms with E-state index in [9.17, 15) is 17.6 Å². The van der Waals surface area contributed by atoms with Crippen LogP contribution in [0.5, 0.6) is 0 Å². The number of halogens is 4. The van der Waals surface area contributed by atoms with Crippen LogP contribution >= 0.6 is 0 Å². The molecule has 1 heterocycles. The van der Waals surface area contributed by atoms with Gasteiger partial charge in [-0.2, -0.15) is 17.6 Å². The lowest BCUT2D eigenvalue weighted by molar-refractivity contribution is -0.495. The largest absolute Gasteiger partial charge is 0.452 e. The third-order valence-electron chi connectivity index (χ3n) is 0.673. The first kappa shape index (κ1) is 5.77. The highest BCUT2D eigenvalue weighted by Gasteiger charge is 2.68. The fraction of sp³-hybridized carbons (Fsp3) is 1.00. The summed E-state index contributed by atoms with van der Waals surface area (Å²) in [6.07, 6.45) is -4.33. The van der Waals surface area contributed by atoms with Crippen molar-refractivity contribution in [2.24, 2.45) is 0 Å². The van der Waals surface area contributed by atoms with Crippen LogP contribution in [0.1, 0.15) is 0 Å². The van der Waals surface area contributed by atoms with E-state index in [0.29, 0.717) is 0 Å². The molecule has 0 saturated carbocycles. The van der Waals surface area contributed by atoms with Gasteiger partial charge >= 0.3 is 12.2 Å². The molecule has 48 valence electrons. The van der Waals surface area contributed by atoms with Gasteiger partial charge in [-0.3, -0.25) is 0 Å². The monoisotopic (exact) mass is 131 g/mol. The number of hydrogen-bond donors (Lipinski definition) is 1. The average molecular weight is 131 g/mol. The molecule has 0 spiro atoms. The van der Waals surface area contributed by atoms with Crippen LogP contribution in [-0.4, -0.2) is 12.2 Å². The Morgan fingerprint density at radius 3 is 1.50 bits per heavy atom. The van der Waals surface area contributed by atoms with E-state index in [1.807, 2.05) is 0 Å². The van der Waals surface area contributed by atoms with E-state index in [4.69, 9.17) is 0 Å². The predicted octanol–water partition coefficient (Wildman–Crippen LogP) is 0.707. The van der Waals surface area contributed by atoms with Crippen molar-refractivity contribution in [3.8, 4) is 0 Å². The van der Waals surface area contributed by atoms with Crippen molar-refractivity contribution in [2.75, 3.05) is 0 Å². The molecule has 1 N–H and O–H groups in total. The van der Waals surface area contributed by atoms with Crippen LogP contribution in [0.25, 0.3) is 0 Å². The molecule has 8 heavy (non-hydrogen) atoms. The van der Waals surface area contributed by atoms with E-state index in [-0.39, 0.29) is 0 Å². The molecular weight excluding hydrogens is 130 g/mol. The van der Waals surface area contributed by atoms with Crippen molar-refractivity contribution in [3.63, 3.8) is 0 Å². The van der Waals surface area contributed by atoms with Gasteiger partial charge in [-0.25, -0.2) is 4.84 Å². The zero-order chi connectivity index (χ0) is 6.41. The number of hydroxylamine groups is 1. The number of rotatable bonds is 0. The van der Waals surface area contributed by atoms with Crippen LogP contribution in [0.2, 0.25) is 0 Å². The van der Waals surface area contributed by atoms with Gasteiger partial charge in [0.25, 0.3) is 0 Å². The van der Waals surface area contributed by atoms with Gasteiger partial charge in [0.1, 0.15) is 0 Å². The van der Waals surface area contributed by atoms with E-state index in [1.165, 1.54) is 0 Å². The normalized spacial score (nSPS) is 31.5. The zero-order valence-corrected chi connectivity index (χ0v) is 3.42. The third kappa shape index (κ3) is 0.496. The second-order valence-electron chi connectivity index (χ2n) is 1.30. The first-order chi connectivity index (χ1) is 3.46. The molecule has 1 fully saturated rings. The van der Waals surface area contributed by atoms with Crippen LogP contribution < -0.4 is 5.48 Å². The maximum absolute atomic E-state index is 11.3. The molecule has 0 aromatic rings. The lowest BCUT2D eigenvalue weighted by atomic mass is 10.5. The minimum atomic E-state index is -4.33. The minimum Gasteiger partial charge on any atom is -0.220 e. The van der Waals surface area contributed by atoms with Crippen LogP contribution in [0.15, 0.2) is 0 Å². The topological polar surface area (TPSA) is 21.3 Å². The smallest absolute Gasteiger partial charge is 0.220 e. The Labute approximate surface area is 41.4 Å². The van der Waals surface area contributed by atoms with Gasteiger partial charge in [-0.1, -0.05) is 0 Å². The summed E-state index contributed by atoms with van der Waals surface area (Å²) in [5, 5.41) is 0. The molecule has 0 amide bonds. The quantitative estimate of drug-likeness (QED) is 0.386. The van der Waals surface area contributed by atoms with E-state index in [1.54, 1.807) is 0 Å². The molecule has 2 nitrogen and oxygen atoms in total. The molecule has 0 atom stereocenters. The maximum atomic E-state index is 11.3. The van der Waals surface area contributed by atoms with Crippen LogP contribution in [0.4, 0.5) is 17.6 Å². The molecule has 1 aliphatic rings. The summed E-state index contributed by atoms with van der Waals surface area (Å²) in [4.78, 5) is 3.00. The van der Waals surface area contributed by atoms with Crippen molar-refractivity contribution in [2.45, 2.75) is 12.2 Å². The Bertz CT molecular complexity index is 98.6. The molecule has 1 saturated heterocycles. The Kier molecular flexibility index (Phi) is 0.819. The molecule has 0 aromatic heterocycles. The Morgan fingerprint density at radius 1 is 1.12 bits per heavy atom. The molecule has 0 radical (unpaired) electrons. The van der Waals surface area contributed by atoms with Gasteiger partial charge in [0, 0.05) is 0 Å². The summed E-state index contributed by atoms with van der Waals surface area (Å²) >= 11 is 0. The number of nitrogens with one attached hydrogen (secondary N) is 1. The molecule has 0 aromatic carbocycles. The summed E-state index contributed by atoms with van der Waals surface area (Å²) < 4.78 is 45.2. The lowest BCUT2D eigenvalue weighted by Gasteiger charge is -2.34. The number of alkyl halides is 4. The van der Waals surface area contributed by atoms with Crippen molar-refractivity contribution in [1.82, 2.24) is 5.48 Å². The molecule has 1 rings (SSSR count). The van der Waals surface area contributed by atoms with Gasteiger partial charge in [-0.05, 0) is 0 Å². The van der Waals surface area contributed by atoms with Crippen LogP contribution in [0, 0.1) is 0 Å². The zero-order valence-electron chi connectivity index (χ0n) is 3.42. The first-order valence-electron chi connectivity index (χ1n) is 1.66. The maximum Gasteiger partial charge on any atom is 0.452 e. The van der Waals surface area contributed by atoms with E-state index < -0.39 is 12.2 Å². The number of hydrogen-bond acceptors (Lipinski definition) is 2. The van der Waals surface area contributed by atoms with Gasteiger partial charge in [0.15, 0.2) is 0 Å². The molecule has 1 aliphatic heterocycles. The van der Waals surface area contributed by atoms with Gasteiger partial charge in [0.05, 0.1) is 0 Å². The van der Waals surface area contributed by atoms with E-state index in [2.05, 4.69) is 4.84 Å². The second kappa shape index (κ2) is 1.14. The lowest BCUT2D eigenvalue weighted by Crippen LogP contribution is -2.66. The molecule has 0 aliphatic carbocycles. The molecule has 0 unspecified atom stereocenters. The van der Waals surface area contributed by atoms with Gasteiger partial charge < -0.3 is 0 Å². The molecule has 0 bridgehead atoms. The highest BCUT2D eigenvalue weighted by atomic mass is 19.3. The summed E-state index contributed by atoms with van der Waals surface area (Å²) in [6, 6.07) is -4.19. The fourth-order valence-corrected chi connectivity index (χ4v) is 0.205. The van der Waals surface area contributed by atoms with Gasteiger partial charge in [-0.15, -0.1) is 5.48 Å². The fourth-order valence-electron chi connectivity index (χ4n) is 0.205. The SMILES string of the molecule is FC1(F)NOC1(F)F. The summed E-state index contributed by atoms with van der Waals surface area (Å²) in [5.74, 6) is 0. The van der Waals surface area contributed by atoms with Crippen molar-refractivity contribution >= 4 is 0 Å². The van der Waals surface area contributed by atoms with Gasteiger partial charge in [0.2, 0.25) is 0 Å². The Balaban J connectivity index is 2.63. The van der Waals surface area contributed by atoms with Crippen molar-refractivity contribution in [1.29, 1.82) is 0 Å². The van der Waals surface area contributed by atoms with E-state index in [0.717, 1.165) is 5.48 Å². The molecule has 6 heteroatoms. The summed E-state index contributed by atoms with van der Waals surface area (Å²) in [5.41, 5.74) is 0.792. The van der Waals surface area contributed by atoms with Crippen LogP contribution in [0.3, 0.4) is 0 Å². The summed E-state index contributed by atoms with van der Waals surface area (Å²) in [6.45, 7) is 0. The van der Waals surface area contributed by atoms with E-state index >= 15 is 0 Å². The Morgan fingerprint density at radius 2 is 1.50 bits per heavy atom. The standard InChI is InChI=1S/C2HF4NO/c3-1(4)2(5,6)8-7-1/h7H. The first-order valence-corrected chi connectivity index (χ1v) is 1.66. The highest BCUT2D eigenvalue weighted by molar-refractivity contribution is 4.77. The minimum absolute atomic E-state index is 0.792.